The predicted octanol–water partition coefficient (Wildman–Crippen LogP) is 1.07. The third-order valence-corrected chi connectivity index (χ3v) is 2.95. The molecule has 2 heteroatoms. The number of nitrogens with zero attached hydrogens (tertiary/aromatic N) is 1. The molecule has 0 amide bonds. The summed E-state index contributed by atoms with van der Waals surface area (Å²) in [6.45, 7) is 5.46. The predicted molar refractivity (Wildman–Crippen MR) is 48.5 cm³/mol. The molecule has 0 aromatic rings. The molecule has 0 unspecified atom stereocenters. The summed E-state index contributed by atoms with van der Waals surface area (Å²) in [4.78, 5) is 2.36. The Balaban J connectivity index is 2.11. The molecule has 11 heavy (non-hydrogen) atoms. The molecule has 0 heterocycles. The quantitative estimate of drug-likeness (QED) is 0.645. The Kier molecular flexibility index (Phi) is 2.90. The molecular formula is C9H20N2. The fourth-order valence-electron chi connectivity index (χ4n) is 1.32. The Morgan fingerprint density at radius 2 is 2.09 bits per heavy atom. The zero-order chi connectivity index (χ0) is 8.32. The highest BCUT2D eigenvalue weighted by Gasteiger charge is 2.40. The molecule has 1 aliphatic rings. The van der Waals surface area contributed by atoms with Gasteiger partial charge in [0.2, 0.25) is 0 Å². The second-order valence-corrected chi connectivity index (χ2v) is 3.85. The van der Waals surface area contributed by atoms with Crippen LogP contribution in [0.25, 0.3) is 0 Å². The molecule has 1 rings (SSSR count). The van der Waals surface area contributed by atoms with E-state index in [9.17, 15) is 0 Å². The minimum Gasteiger partial charge on any atom is -0.330 e. The van der Waals surface area contributed by atoms with Gasteiger partial charge in [-0.15, -0.1) is 0 Å². The van der Waals surface area contributed by atoms with E-state index in [4.69, 9.17) is 5.73 Å². The van der Waals surface area contributed by atoms with Gasteiger partial charge < -0.3 is 10.6 Å². The van der Waals surface area contributed by atoms with Crippen molar-refractivity contribution in [1.82, 2.24) is 4.90 Å². The standard InChI is InChI=1S/C9H20N2/c1-3-11(2)7-6-9(8-10)4-5-9/h3-8,10H2,1-2H3. The Bertz CT molecular complexity index is 119. The molecule has 0 aromatic carbocycles. The zero-order valence-corrected chi connectivity index (χ0v) is 7.77. The minimum atomic E-state index is 0.559. The van der Waals surface area contributed by atoms with Crippen LogP contribution in [0.3, 0.4) is 0 Å². The molecule has 0 bridgehead atoms. The average Bonchev–Trinajstić information content (AvgIpc) is 2.81. The maximum Gasteiger partial charge on any atom is -0.00161 e. The van der Waals surface area contributed by atoms with Crippen LogP contribution in [-0.4, -0.2) is 31.6 Å². The minimum absolute atomic E-state index is 0.559. The van der Waals surface area contributed by atoms with Gasteiger partial charge in [-0.1, -0.05) is 6.92 Å². The zero-order valence-electron chi connectivity index (χ0n) is 7.77. The van der Waals surface area contributed by atoms with Crippen LogP contribution in [0.2, 0.25) is 0 Å². The molecule has 0 atom stereocenters. The molecule has 1 saturated carbocycles. The Morgan fingerprint density at radius 1 is 1.45 bits per heavy atom. The van der Waals surface area contributed by atoms with Crippen molar-refractivity contribution >= 4 is 0 Å². The molecule has 2 nitrogen and oxygen atoms in total. The van der Waals surface area contributed by atoms with E-state index in [-0.39, 0.29) is 0 Å². The number of hydrogen-bond acceptors (Lipinski definition) is 2. The molecule has 66 valence electrons. The Labute approximate surface area is 69.8 Å². The molecule has 0 saturated heterocycles. The van der Waals surface area contributed by atoms with Crippen molar-refractivity contribution in [2.75, 3.05) is 26.7 Å². The fraction of sp³-hybridized carbons (Fsp3) is 1.00. The van der Waals surface area contributed by atoms with Crippen LogP contribution in [0.5, 0.6) is 0 Å². The van der Waals surface area contributed by atoms with Crippen molar-refractivity contribution in [2.45, 2.75) is 26.2 Å². The summed E-state index contributed by atoms with van der Waals surface area (Å²) < 4.78 is 0. The van der Waals surface area contributed by atoms with Gasteiger partial charge in [-0.25, -0.2) is 0 Å². The van der Waals surface area contributed by atoms with Gasteiger partial charge in [0.25, 0.3) is 0 Å². The lowest BCUT2D eigenvalue weighted by Gasteiger charge is -2.18. The summed E-state index contributed by atoms with van der Waals surface area (Å²) in [6, 6.07) is 0. The molecular weight excluding hydrogens is 136 g/mol. The fourth-order valence-corrected chi connectivity index (χ4v) is 1.32. The number of rotatable bonds is 5. The van der Waals surface area contributed by atoms with Gasteiger partial charge in [-0.2, -0.15) is 0 Å². The van der Waals surface area contributed by atoms with Crippen LogP contribution in [0.15, 0.2) is 0 Å². The first-order valence-corrected chi connectivity index (χ1v) is 4.61. The van der Waals surface area contributed by atoms with Crippen LogP contribution in [-0.2, 0) is 0 Å². The lowest BCUT2D eigenvalue weighted by molar-refractivity contribution is 0.306. The highest BCUT2D eigenvalue weighted by molar-refractivity contribution is 4.93. The summed E-state index contributed by atoms with van der Waals surface area (Å²) in [5.74, 6) is 0. The molecule has 1 aliphatic carbocycles. The summed E-state index contributed by atoms with van der Waals surface area (Å²) in [7, 11) is 2.17. The SMILES string of the molecule is CCN(C)CCC1(CN)CC1. The highest BCUT2D eigenvalue weighted by atomic mass is 15.1. The summed E-state index contributed by atoms with van der Waals surface area (Å²) in [5, 5.41) is 0. The Morgan fingerprint density at radius 3 is 2.45 bits per heavy atom. The molecule has 2 N–H and O–H groups in total. The van der Waals surface area contributed by atoms with Crippen LogP contribution in [0.1, 0.15) is 26.2 Å². The average molecular weight is 156 g/mol. The first-order chi connectivity index (χ1) is 5.22. The Hall–Kier alpha value is -0.0800. The van der Waals surface area contributed by atoms with Gasteiger partial charge in [0.1, 0.15) is 0 Å². The van der Waals surface area contributed by atoms with Crippen molar-refractivity contribution in [3.05, 3.63) is 0 Å². The van der Waals surface area contributed by atoms with Gasteiger partial charge in [0, 0.05) is 0 Å². The van der Waals surface area contributed by atoms with E-state index >= 15 is 0 Å². The largest absolute Gasteiger partial charge is 0.330 e. The lowest BCUT2D eigenvalue weighted by Crippen LogP contribution is -2.25. The van der Waals surface area contributed by atoms with Gasteiger partial charge in [-0.05, 0) is 51.4 Å². The third-order valence-electron chi connectivity index (χ3n) is 2.95. The van der Waals surface area contributed by atoms with E-state index in [1.165, 1.54) is 25.8 Å². The normalized spacial score (nSPS) is 20.7. The van der Waals surface area contributed by atoms with Crippen molar-refractivity contribution < 1.29 is 0 Å². The van der Waals surface area contributed by atoms with Crippen LogP contribution < -0.4 is 5.73 Å². The number of nitrogens with two attached hydrogens (primary N) is 1. The van der Waals surface area contributed by atoms with E-state index in [1.54, 1.807) is 0 Å². The topological polar surface area (TPSA) is 29.3 Å². The summed E-state index contributed by atoms with van der Waals surface area (Å²) in [5.41, 5.74) is 6.24. The second kappa shape index (κ2) is 3.55. The monoisotopic (exact) mass is 156 g/mol. The first-order valence-electron chi connectivity index (χ1n) is 4.61. The van der Waals surface area contributed by atoms with E-state index in [1.807, 2.05) is 0 Å². The lowest BCUT2D eigenvalue weighted by atomic mass is 10.0. The smallest absolute Gasteiger partial charge is 0.00161 e. The van der Waals surface area contributed by atoms with Gasteiger partial charge in [0.15, 0.2) is 0 Å². The van der Waals surface area contributed by atoms with Crippen LogP contribution >= 0.6 is 0 Å². The van der Waals surface area contributed by atoms with Crippen molar-refractivity contribution in [3.63, 3.8) is 0 Å². The van der Waals surface area contributed by atoms with Crippen LogP contribution in [0.4, 0.5) is 0 Å². The third kappa shape index (κ3) is 2.46. The van der Waals surface area contributed by atoms with E-state index in [2.05, 4.69) is 18.9 Å². The second-order valence-electron chi connectivity index (χ2n) is 3.85. The number of hydrogen-bond donors (Lipinski definition) is 1. The van der Waals surface area contributed by atoms with Gasteiger partial charge >= 0.3 is 0 Å². The van der Waals surface area contributed by atoms with E-state index in [0.717, 1.165) is 13.1 Å². The molecule has 0 aliphatic heterocycles. The van der Waals surface area contributed by atoms with Gasteiger partial charge in [-0.3, -0.25) is 0 Å². The maximum atomic E-state index is 5.68. The van der Waals surface area contributed by atoms with Crippen molar-refractivity contribution in [1.29, 1.82) is 0 Å². The summed E-state index contributed by atoms with van der Waals surface area (Å²) in [6.07, 6.45) is 4.02. The first kappa shape index (κ1) is 9.01. The highest BCUT2D eigenvalue weighted by Crippen LogP contribution is 2.47. The van der Waals surface area contributed by atoms with Crippen molar-refractivity contribution in [3.8, 4) is 0 Å². The molecule has 0 aromatic heterocycles. The summed E-state index contributed by atoms with van der Waals surface area (Å²) >= 11 is 0. The molecule has 0 spiro atoms. The van der Waals surface area contributed by atoms with Gasteiger partial charge in [0.05, 0.1) is 0 Å². The molecule has 1 fully saturated rings. The van der Waals surface area contributed by atoms with E-state index < -0.39 is 0 Å². The van der Waals surface area contributed by atoms with E-state index in [0.29, 0.717) is 5.41 Å². The maximum absolute atomic E-state index is 5.68. The van der Waals surface area contributed by atoms with Crippen molar-refractivity contribution in [2.24, 2.45) is 11.1 Å². The van der Waals surface area contributed by atoms with Crippen LogP contribution in [0, 0.1) is 5.41 Å². The molecule has 0 radical (unpaired) electrons.